The van der Waals surface area contributed by atoms with Gasteiger partial charge in [0.25, 0.3) is 0 Å². The molecule has 8 atom stereocenters. The van der Waals surface area contributed by atoms with Crippen molar-refractivity contribution >= 4 is 22.7 Å². The molecule has 2 N–H and O–H groups in total. The van der Waals surface area contributed by atoms with Gasteiger partial charge in [0, 0.05) is 11.3 Å². The van der Waals surface area contributed by atoms with Crippen LogP contribution in [0.4, 0.5) is 4.39 Å². The van der Waals surface area contributed by atoms with Crippen LogP contribution in [0, 0.1) is 22.7 Å². The Bertz CT molecular complexity index is 849. The molecule has 0 bridgehead atoms. The maximum absolute atomic E-state index is 16.9. The van der Waals surface area contributed by atoms with Gasteiger partial charge in [0.2, 0.25) is 5.12 Å². The highest BCUT2D eigenvalue weighted by Gasteiger charge is 2.85. The van der Waals surface area contributed by atoms with Crippen molar-refractivity contribution in [2.24, 2.45) is 22.7 Å². The molecule has 4 aliphatic carbocycles. The van der Waals surface area contributed by atoms with Crippen molar-refractivity contribution in [1.29, 1.82) is 0 Å². The number of fused-ring (bicyclic) bond motifs is 6. The van der Waals surface area contributed by atoms with Crippen LogP contribution in [-0.2, 0) is 9.59 Å². The standard InChI is InChI=1S/C21H25FO4S/c1-17-7-6-12(23)8-11(17)4-5-13-14-9-19(3,26)21(16(25)27-21)18(14,2)10-15(24)20(13,17)22/h6-8,13-15,24,26H,4-5,9-10H2,1-3H3/t13-,14-,15-,17-,18-,19+,20-,21+/m0/s1. The average Bonchev–Trinajstić information content (AvgIpc) is 3.24. The van der Waals surface area contributed by atoms with Crippen LogP contribution in [-0.4, -0.2) is 43.2 Å². The first kappa shape index (κ1) is 18.1. The van der Waals surface area contributed by atoms with Crippen LogP contribution in [0.5, 0.6) is 0 Å². The lowest BCUT2D eigenvalue weighted by molar-refractivity contribution is -0.191. The number of carbonyl (C=O) groups is 2. The molecule has 27 heavy (non-hydrogen) atoms. The molecular formula is C21H25FO4S. The van der Waals surface area contributed by atoms with Crippen molar-refractivity contribution in [2.45, 2.75) is 68.6 Å². The third-order valence-electron chi connectivity index (χ3n) is 8.70. The van der Waals surface area contributed by atoms with E-state index in [1.54, 1.807) is 19.9 Å². The summed E-state index contributed by atoms with van der Waals surface area (Å²) in [6.45, 7) is 5.42. The Morgan fingerprint density at radius 1 is 1.19 bits per heavy atom. The third kappa shape index (κ3) is 1.71. The Balaban J connectivity index is 1.66. The molecule has 4 fully saturated rings. The van der Waals surface area contributed by atoms with Gasteiger partial charge in [0.05, 0.1) is 11.7 Å². The minimum atomic E-state index is -1.91. The number of allylic oxidation sites excluding steroid dienone is 4. The molecular weight excluding hydrogens is 367 g/mol. The number of ketones is 1. The largest absolute Gasteiger partial charge is 0.390 e. The van der Waals surface area contributed by atoms with E-state index in [2.05, 4.69) is 0 Å². The molecule has 6 heteroatoms. The van der Waals surface area contributed by atoms with Crippen LogP contribution in [0.1, 0.15) is 46.5 Å². The van der Waals surface area contributed by atoms with E-state index in [1.807, 2.05) is 6.92 Å². The molecule has 0 amide bonds. The highest BCUT2D eigenvalue weighted by Crippen LogP contribution is 2.79. The Kier molecular flexibility index (Phi) is 3.19. The van der Waals surface area contributed by atoms with Gasteiger partial charge in [-0.2, -0.15) is 0 Å². The first-order valence-corrected chi connectivity index (χ1v) is 10.5. The smallest absolute Gasteiger partial charge is 0.210 e. The number of rotatable bonds is 0. The second-order valence-corrected chi connectivity index (χ2v) is 11.0. The number of aliphatic hydroxyl groups is 2. The first-order chi connectivity index (χ1) is 12.4. The van der Waals surface area contributed by atoms with Gasteiger partial charge in [-0.05, 0) is 63.0 Å². The predicted molar refractivity (Wildman–Crippen MR) is 99.7 cm³/mol. The minimum Gasteiger partial charge on any atom is -0.390 e. The third-order valence-corrected chi connectivity index (χ3v) is 10.4. The van der Waals surface area contributed by atoms with Crippen LogP contribution in [0.2, 0.25) is 0 Å². The maximum atomic E-state index is 16.9. The fourth-order valence-corrected chi connectivity index (χ4v) is 8.77. The van der Waals surface area contributed by atoms with Gasteiger partial charge in [-0.1, -0.05) is 30.3 Å². The van der Waals surface area contributed by atoms with Gasteiger partial charge in [-0.25, -0.2) is 4.39 Å². The molecule has 1 spiro atoms. The highest BCUT2D eigenvalue weighted by molar-refractivity contribution is 8.26. The van der Waals surface area contributed by atoms with E-state index in [9.17, 15) is 19.8 Å². The van der Waals surface area contributed by atoms with Crippen molar-refractivity contribution in [1.82, 2.24) is 0 Å². The van der Waals surface area contributed by atoms with Crippen molar-refractivity contribution in [2.75, 3.05) is 0 Å². The summed E-state index contributed by atoms with van der Waals surface area (Å²) in [7, 11) is 0. The minimum absolute atomic E-state index is 0.0400. The normalized spacial score (nSPS) is 58.6. The second kappa shape index (κ2) is 4.77. The monoisotopic (exact) mass is 392 g/mol. The van der Waals surface area contributed by atoms with E-state index in [0.717, 1.165) is 17.3 Å². The van der Waals surface area contributed by atoms with Crippen LogP contribution < -0.4 is 0 Å². The molecule has 1 aliphatic heterocycles. The number of aliphatic hydroxyl groups excluding tert-OH is 1. The molecule has 0 aromatic heterocycles. The zero-order valence-electron chi connectivity index (χ0n) is 15.8. The molecule has 0 unspecified atom stereocenters. The molecule has 4 nitrogen and oxygen atoms in total. The molecule has 5 aliphatic rings. The van der Waals surface area contributed by atoms with Crippen molar-refractivity contribution in [3.63, 3.8) is 0 Å². The zero-order chi connectivity index (χ0) is 19.6. The van der Waals surface area contributed by atoms with Gasteiger partial charge in [0.15, 0.2) is 11.5 Å². The quantitative estimate of drug-likeness (QED) is 0.620. The summed E-state index contributed by atoms with van der Waals surface area (Å²) in [4.78, 5) is 24.3. The topological polar surface area (TPSA) is 74.6 Å². The van der Waals surface area contributed by atoms with E-state index >= 15 is 4.39 Å². The Morgan fingerprint density at radius 2 is 1.85 bits per heavy atom. The SMILES string of the molecule is C[C@]12C=CC(=O)C=C1CC[C@H]1[C@@H]3C[C@@](C)(O)[C@]4(SC4=O)[C@@]3(C)C[C@H](O)[C@@]12F. The van der Waals surface area contributed by atoms with E-state index in [-0.39, 0.29) is 23.2 Å². The van der Waals surface area contributed by atoms with E-state index in [1.165, 1.54) is 12.2 Å². The Labute approximate surface area is 162 Å². The number of thioether (sulfide) groups is 1. The lowest BCUT2D eigenvalue weighted by atomic mass is 9.45. The number of carbonyl (C=O) groups excluding carboxylic acids is 2. The number of hydrogen-bond acceptors (Lipinski definition) is 5. The van der Waals surface area contributed by atoms with Gasteiger partial charge < -0.3 is 10.2 Å². The lowest BCUT2D eigenvalue weighted by Gasteiger charge is -2.61. The van der Waals surface area contributed by atoms with E-state index in [4.69, 9.17) is 0 Å². The van der Waals surface area contributed by atoms with Crippen molar-refractivity contribution in [3.8, 4) is 0 Å². The van der Waals surface area contributed by atoms with E-state index in [0.29, 0.717) is 19.3 Å². The summed E-state index contributed by atoms with van der Waals surface area (Å²) in [6, 6.07) is 0. The molecule has 146 valence electrons. The summed E-state index contributed by atoms with van der Waals surface area (Å²) in [5.74, 6) is -0.794. The van der Waals surface area contributed by atoms with Crippen LogP contribution in [0.15, 0.2) is 23.8 Å². The molecule has 0 radical (unpaired) electrons. The lowest BCUT2D eigenvalue weighted by Crippen LogP contribution is -2.67. The maximum Gasteiger partial charge on any atom is 0.210 e. The molecule has 1 saturated heterocycles. The summed E-state index contributed by atoms with van der Waals surface area (Å²) in [6.07, 6.45) is 4.91. The number of alkyl halides is 1. The van der Waals surface area contributed by atoms with Gasteiger partial charge >= 0.3 is 0 Å². The molecule has 3 saturated carbocycles. The second-order valence-electron chi connectivity index (χ2n) is 9.81. The Morgan fingerprint density at radius 3 is 2.48 bits per heavy atom. The Hall–Kier alpha value is -0.980. The highest BCUT2D eigenvalue weighted by atomic mass is 32.2. The van der Waals surface area contributed by atoms with E-state index < -0.39 is 38.9 Å². The van der Waals surface area contributed by atoms with Crippen molar-refractivity contribution < 1.29 is 24.2 Å². The molecule has 1 heterocycles. The van der Waals surface area contributed by atoms with Gasteiger partial charge in [-0.15, -0.1) is 0 Å². The zero-order valence-corrected chi connectivity index (χ0v) is 16.6. The summed E-state index contributed by atoms with van der Waals surface area (Å²) in [5.41, 5.74) is -4.04. The van der Waals surface area contributed by atoms with Gasteiger partial charge in [0.1, 0.15) is 4.75 Å². The summed E-state index contributed by atoms with van der Waals surface area (Å²) < 4.78 is 15.9. The summed E-state index contributed by atoms with van der Waals surface area (Å²) in [5, 5.41) is 22.2. The summed E-state index contributed by atoms with van der Waals surface area (Å²) >= 11 is 1.16. The fraction of sp³-hybridized carbons (Fsp3) is 0.714. The molecule has 5 rings (SSSR count). The van der Waals surface area contributed by atoms with Crippen molar-refractivity contribution in [3.05, 3.63) is 23.8 Å². The molecule has 0 aromatic rings. The van der Waals surface area contributed by atoms with Crippen LogP contribution in [0.3, 0.4) is 0 Å². The van der Waals surface area contributed by atoms with Gasteiger partial charge in [-0.3, -0.25) is 9.59 Å². The average molecular weight is 392 g/mol. The van der Waals surface area contributed by atoms with Crippen LogP contribution >= 0.6 is 11.8 Å². The number of hydrogen-bond donors (Lipinski definition) is 2. The molecule has 0 aromatic carbocycles. The number of halogens is 1. The van der Waals surface area contributed by atoms with Crippen LogP contribution in [0.25, 0.3) is 0 Å². The fourth-order valence-electron chi connectivity index (χ4n) is 7.32. The first-order valence-electron chi connectivity index (χ1n) is 9.71. The predicted octanol–water partition coefficient (Wildman–Crippen LogP) is 2.73.